The molecule has 0 radical (unpaired) electrons. The smallest absolute Gasteiger partial charge is 0.295 e. The predicted octanol–water partition coefficient (Wildman–Crippen LogP) is 5.15. The van der Waals surface area contributed by atoms with Gasteiger partial charge >= 0.3 is 0 Å². The molecular weight excluding hydrogens is 390 g/mol. The van der Waals surface area contributed by atoms with E-state index in [0.29, 0.717) is 17.9 Å². The highest BCUT2D eigenvalue weighted by atomic mass is 16.5. The molecule has 0 spiro atoms. The third kappa shape index (κ3) is 3.97. The molecule has 1 aliphatic carbocycles. The standard InChI is InChI=1S/C26H29NO4/c1-3-31-20-14-9-11-18(16-20)24(28)22-23(21-15-8-7-10-17(21)2)27(26(30)25(22)29)19-12-5-4-6-13-19/h7-11,14-16,19,23,28H,3-6,12-13H2,1-2H3/b24-22+. The fourth-order valence-corrected chi connectivity index (χ4v) is 4.84. The molecule has 1 aliphatic heterocycles. The summed E-state index contributed by atoms with van der Waals surface area (Å²) in [6.45, 7) is 4.37. The molecule has 5 heteroatoms. The van der Waals surface area contributed by atoms with Crippen LogP contribution in [0.4, 0.5) is 0 Å². The summed E-state index contributed by atoms with van der Waals surface area (Å²) in [5, 5.41) is 11.3. The van der Waals surface area contributed by atoms with E-state index in [0.717, 1.165) is 43.2 Å². The molecule has 1 saturated carbocycles. The lowest BCUT2D eigenvalue weighted by Crippen LogP contribution is -2.40. The van der Waals surface area contributed by atoms with Gasteiger partial charge in [-0.1, -0.05) is 55.7 Å². The van der Waals surface area contributed by atoms with E-state index in [9.17, 15) is 14.7 Å². The minimum Gasteiger partial charge on any atom is -0.507 e. The van der Waals surface area contributed by atoms with E-state index < -0.39 is 17.7 Å². The number of carbonyl (C=O) groups excluding carboxylic acids is 2. The molecule has 2 aliphatic rings. The molecular formula is C26H29NO4. The van der Waals surface area contributed by atoms with Crippen LogP contribution >= 0.6 is 0 Å². The van der Waals surface area contributed by atoms with Crippen LogP contribution in [0.1, 0.15) is 61.8 Å². The molecule has 4 rings (SSSR count). The summed E-state index contributed by atoms with van der Waals surface area (Å²) in [4.78, 5) is 28.2. The first kappa shape index (κ1) is 21.2. The van der Waals surface area contributed by atoms with Crippen molar-refractivity contribution in [3.8, 4) is 5.75 Å². The first-order valence-electron chi connectivity index (χ1n) is 11.1. The summed E-state index contributed by atoms with van der Waals surface area (Å²) in [5.41, 5.74) is 2.52. The van der Waals surface area contributed by atoms with Gasteiger partial charge in [0.05, 0.1) is 18.2 Å². The zero-order chi connectivity index (χ0) is 22.0. The zero-order valence-electron chi connectivity index (χ0n) is 18.1. The number of hydrogen-bond donors (Lipinski definition) is 1. The number of likely N-dealkylation sites (tertiary alicyclic amines) is 1. The maximum Gasteiger partial charge on any atom is 0.295 e. The summed E-state index contributed by atoms with van der Waals surface area (Å²) in [6.07, 6.45) is 5.01. The molecule has 162 valence electrons. The van der Waals surface area contributed by atoms with Gasteiger partial charge in [0.1, 0.15) is 11.5 Å². The quantitative estimate of drug-likeness (QED) is 0.414. The van der Waals surface area contributed by atoms with Crippen molar-refractivity contribution in [2.24, 2.45) is 0 Å². The number of ketones is 1. The normalized spacial score (nSPS) is 21.5. The number of benzene rings is 2. The van der Waals surface area contributed by atoms with E-state index >= 15 is 0 Å². The van der Waals surface area contributed by atoms with Crippen molar-refractivity contribution >= 4 is 17.4 Å². The molecule has 2 aromatic carbocycles. The molecule has 0 aromatic heterocycles. The monoisotopic (exact) mass is 419 g/mol. The van der Waals surface area contributed by atoms with Crippen LogP contribution in [0.25, 0.3) is 5.76 Å². The van der Waals surface area contributed by atoms with Gasteiger partial charge in [0.25, 0.3) is 11.7 Å². The molecule has 1 amide bonds. The Morgan fingerprint density at radius 3 is 2.52 bits per heavy atom. The van der Waals surface area contributed by atoms with Crippen LogP contribution in [-0.4, -0.2) is 34.3 Å². The van der Waals surface area contributed by atoms with Gasteiger partial charge in [-0.2, -0.15) is 0 Å². The van der Waals surface area contributed by atoms with Crippen LogP contribution < -0.4 is 4.74 Å². The van der Waals surface area contributed by atoms with E-state index in [-0.39, 0.29) is 17.4 Å². The Balaban J connectivity index is 1.87. The first-order valence-corrected chi connectivity index (χ1v) is 11.1. The lowest BCUT2D eigenvalue weighted by Gasteiger charge is -2.36. The van der Waals surface area contributed by atoms with Crippen LogP contribution in [0.2, 0.25) is 0 Å². The van der Waals surface area contributed by atoms with Crippen molar-refractivity contribution in [3.63, 3.8) is 0 Å². The predicted molar refractivity (Wildman–Crippen MR) is 120 cm³/mol. The summed E-state index contributed by atoms with van der Waals surface area (Å²) < 4.78 is 5.56. The van der Waals surface area contributed by atoms with Gasteiger partial charge in [-0.25, -0.2) is 0 Å². The lowest BCUT2D eigenvalue weighted by molar-refractivity contribution is -0.141. The van der Waals surface area contributed by atoms with Crippen LogP contribution in [0.3, 0.4) is 0 Å². The number of aliphatic hydroxyl groups excluding tert-OH is 1. The maximum atomic E-state index is 13.2. The largest absolute Gasteiger partial charge is 0.507 e. The van der Waals surface area contributed by atoms with Gasteiger partial charge in [0.2, 0.25) is 0 Å². The minimum absolute atomic E-state index is 0.00913. The van der Waals surface area contributed by atoms with Gasteiger partial charge in [0, 0.05) is 11.6 Å². The Labute approximate surface area is 183 Å². The first-order chi connectivity index (χ1) is 15.0. The number of amides is 1. The average molecular weight is 420 g/mol. The number of aryl methyl sites for hydroxylation is 1. The highest BCUT2D eigenvalue weighted by Crippen LogP contribution is 2.44. The van der Waals surface area contributed by atoms with Crippen molar-refractivity contribution < 1.29 is 19.4 Å². The topological polar surface area (TPSA) is 66.8 Å². The van der Waals surface area contributed by atoms with E-state index in [1.165, 1.54) is 0 Å². The van der Waals surface area contributed by atoms with E-state index in [2.05, 4.69) is 0 Å². The molecule has 1 heterocycles. The van der Waals surface area contributed by atoms with Gasteiger partial charge in [-0.3, -0.25) is 9.59 Å². The van der Waals surface area contributed by atoms with Crippen LogP contribution in [0.5, 0.6) is 5.75 Å². The Kier molecular flexibility index (Phi) is 6.12. The van der Waals surface area contributed by atoms with Crippen molar-refractivity contribution in [2.45, 2.75) is 58.0 Å². The Bertz CT molecular complexity index is 1020. The third-order valence-electron chi connectivity index (χ3n) is 6.35. The fraction of sp³-hybridized carbons (Fsp3) is 0.385. The third-order valence-corrected chi connectivity index (χ3v) is 6.35. The van der Waals surface area contributed by atoms with Gasteiger partial charge in [-0.05, 0) is 49.9 Å². The molecule has 31 heavy (non-hydrogen) atoms. The van der Waals surface area contributed by atoms with Crippen LogP contribution in [-0.2, 0) is 9.59 Å². The molecule has 1 N–H and O–H groups in total. The number of hydrogen-bond acceptors (Lipinski definition) is 4. The summed E-state index contributed by atoms with van der Waals surface area (Å²) in [5.74, 6) is -0.659. The van der Waals surface area contributed by atoms with Crippen LogP contribution in [0.15, 0.2) is 54.1 Å². The Hall–Kier alpha value is -3.08. The summed E-state index contributed by atoms with van der Waals surface area (Å²) in [6, 6.07) is 14.2. The molecule has 5 nitrogen and oxygen atoms in total. The highest BCUT2D eigenvalue weighted by Gasteiger charge is 2.49. The van der Waals surface area contributed by atoms with Gasteiger partial charge < -0.3 is 14.7 Å². The van der Waals surface area contributed by atoms with E-state index in [1.54, 1.807) is 29.2 Å². The fourth-order valence-electron chi connectivity index (χ4n) is 4.84. The number of ether oxygens (including phenoxy) is 1. The lowest BCUT2D eigenvalue weighted by atomic mass is 9.89. The van der Waals surface area contributed by atoms with Crippen molar-refractivity contribution in [3.05, 3.63) is 70.8 Å². The van der Waals surface area contributed by atoms with Gasteiger partial charge in [0.15, 0.2) is 0 Å². The second-order valence-electron chi connectivity index (χ2n) is 8.32. The van der Waals surface area contributed by atoms with Crippen molar-refractivity contribution in [1.29, 1.82) is 0 Å². The SMILES string of the molecule is CCOc1cccc(/C(O)=C2\C(=O)C(=O)N(C3CCCCC3)C2c2ccccc2C)c1. The number of aliphatic hydroxyl groups is 1. The molecule has 0 bridgehead atoms. The second kappa shape index (κ2) is 8.96. The van der Waals surface area contributed by atoms with Crippen LogP contribution in [0, 0.1) is 6.92 Å². The van der Waals surface area contributed by atoms with E-state index in [1.807, 2.05) is 38.1 Å². The number of rotatable bonds is 5. The molecule has 2 aromatic rings. The maximum absolute atomic E-state index is 13.2. The molecule has 1 unspecified atom stereocenters. The summed E-state index contributed by atoms with van der Waals surface area (Å²) in [7, 11) is 0. The number of carbonyl (C=O) groups is 2. The highest BCUT2D eigenvalue weighted by molar-refractivity contribution is 6.46. The Morgan fingerprint density at radius 2 is 1.81 bits per heavy atom. The molecule has 2 fully saturated rings. The Morgan fingerprint density at radius 1 is 1.06 bits per heavy atom. The number of nitrogens with zero attached hydrogens (tertiary/aromatic N) is 1. The van der Waals surface area contributed by atoms with Crippen molar-refractivity contribution in [1.82, 2.24) is 4.90 Å². The van der Waals surface area contributed by atoms with Gasteiger partial charge in [-0.15, -0.1) is 0 Å². The average Bonchev–Trinajstić information content (AvgIpc) is 3.05. The van der Waals surface area contributed by atoms with Crippen molar-refractivity contribution in [2.75, 3.05) is 6.61 Å². The summed E-state index contributed by atoms with van der Waals surface area (Å²) >= 11 is 0. The molecule has 1 saturated heterocycles. The second-order valence-corrected chi connectivity index (χ2v) is 8.32. The zero-order valence-corrected chi connectivity index (χ0v) is 18.1. The minimum atomic E-state index is -0.613. The number of Topliss-reactive ketones (excluding diaryl/α,β-unsaturated/α-hetero) is 1. The van der Waals surface area contributed by atoms with E-state index in [4.69, 9.17) is 4.74 Å². The molecule has 1 atom stereocenters.